The number of nitrogens with one attached hydrogen (secondary N) is 2. The van der Waals surface area contributed by atoms with E-state index in [9.17, 15) is 0 Å². The predicted molar refractivity (Wildman–Crippen MR) is 46.1 cm³/mol. The van der Waals surface area contributed by atoms with Crippen molar-refractivity contribution in [3.8, 4) is 0 Å². The summed E-state index contributed by atoms with van der Waals surface area (Å²) in [7, 11) is 0. The van der Waals surface area contributed by atoms with Crippen molar-refractivity contribution >= 4 is 16.6 Å². The van der Waals surface area contributed by atoms with Gasteiger partial charge in [-0.1, -0.05) is 6.07 Å². The van der Waals surface area contributed by atoms with Gasteiger partial charge in [0.1, 0.15) is 0 Å². The van der Waals surface area contributed by atoms with E-state index in [0.29, 0.717) is 0 Å². The van der Waals surface area contributed by atoms with Crippen LogP contribution in [0.25, 0.3) is 10.9 Å². The molecule has 4 N–H and O–H groups in total. The average Bonchev–Trinajstić information content (AvgIpc) is 2.50. The number of benzene rings is 1. The number of nitrogen functional groups attached to an aromatic ring is 1. The Kier molecular flexibility index (Phi) is 1.30. The number of aromatic amines is 1. The highest BCUT2D eigenvalue weighted by Crippen LogP contribution is 2.20. The second-order valence-electron chi connectivity index (χ2n) is 2.39. The van der Waals surface area contributed by atoms with Crippen molar-refractivity contribution in [2.45, 2.75) is 0 Å². The summed E-state index contributed by atoms with van der Waals surface area (Å²) in [4.78, 5) is 3.10. The van der Waals surface area contributed by atoms with E-state index >= 15 is 0 Å². The normalized spacial score (nSPS) is 10.3. The lowest BCUT2D eigenvalue weighted by Gasteiger charge is -1.99. The summed E-state index contributed by atoms with van der Waals surface area (Å²) in [5.41, 5.74) is 4.68. The summed E-state index contributed by atoms with van der Waals surface area (Å²) < 4.78 is 0. The summed E-state index contributed by atoms with van der Waals surface area (Å²) >= 11 is 0. The molecule has 0 saturated heterocycles. The van der Waals surface area contributed by atoms with Gasteiger partial charge in [-0.05, 0) is 18.2 Å². The van der Waals surface area contributed by atoms with Gasteiger partial charge in [-0.25, -0.2) is 0 Å². The van der Waals surface area contributed by atoms with Crippen LogP contribution in [-0.2, 0) is 0 Å². The second kappa shape index (κ2) is 2.29. The highest BCUT2D eigenvalue weighted by Gasteiger charge is 1.97. The van der Waals surface area contributed by atoms with Crippen LogP contribution >= 0.6 is 0 Å². The Labute approximate surface area is 64.2 Å². The van der Waals surface area contributed by atoms with Crippen molar-refractivity contribution in [2.75, 3.05) is 5.43 Å². The van der Waals surface area contributed by atoms with Crippen LogP contribution in [0, 0.1) is 0 Å². The Hall–Kier alpha value is -1.48. The largest absolute Gasteiger partial charge is 0.361 e. The Morgan fingerprint density at radius 1 is 1.27 bits per heavy atom. The summed E-state index contributed by atoms with van der Waals surface area (Å²) in [6.45, 7) is 0. The average molecular weight is 147 g/mol. The maximum atomic E-state index is 5.31. The Morgan fingerprint density at radius 3 is 3.00 bits per heavy atom. The van der Waals surface area contributed by atoms with Crippen LogP contribution in [0.2, 0.25) is 0 Å². The lowest BCUT2D eigenvalue weighted by atomic mass is 10.2. The molecule has 1 aromatic heterocycles. The third-order valence-corrected chi connectivity index (χ3v) is 1.75. The first-order chi connectivity index (χ1) is 5.42. The Balaban J connectivity index is 2.79. The van der Waals surface area contributed by atoms with Gasteiger partial charge in [0, 0.05) is 17.1 Å². The van der Waals surface area contributed by atoms with E-state index in [0.717, 1.165) is 16.6 Å². The van der Waals surface area contributed by atoms with E-state index in [-0.39, 0.29) is 0 Å². The smallest absolute Gasteiger partial charge is 0.0578 e. The molecule has 0 fully saturated rings. The molecule has 0 spiro atoms. The SMILES string of the molecule is NNc1cccc2[nH]ccc12. The molecular weight excluding hydrogens is 138 g/mol. The first-order valence-electron chi connectivity index (χ1n) is 3.44. The van der Waals surface area contributed by atoms with Crippen LogP contribution in [0.4, 0.5) is 5.69 Å². The zero-order valence-electron chi connectivity index (χ0n) is 5.96. The number of rotatable bonds is 1. The van der Waals surface area contributed by atoms with E-state index in [1.165, 1.54) is 0 Å². The number of fused-ring (bicyclic) bond motifs is 1. The standard InChI is InChI=1S/C8H9N3/c9-11-8-3-1-2-7-6(8)4-5-10-7/h1-5,10-11H,9H2. The zero-order chi connectivity index (χ0) is 7.68. The molecule has 56 valence electrons. The first kappa shape index (κ1) is 6.24. The van der Waals surface area contributed by atoms with Crippen LogP contribution in [0.5, 0.6) is 0 Å². The number of aromatic nitrogens is 1. The van der Waals surface area contributed by atoms with E-state index < -0.39 is 0 Å². The number of hydrogen-bond donors (Lipinski definition) is 3. The molecule has 0 saturated carbocycles. The maximum absolute atomic E-state index is 5.31. The minimum absolute atomic E-state index is 0.948. The van der Waals surface area contributed by atoms with Crippen LogP contribution in [0.1, 0.15) is 0 Å². The summed E-state index contributed by atoms with van der Waals surface area (Å²) in [6.07, 6.45) is 1.89. The number of hydrogen-bond acceptors (Lipinski definition) is 2. The van der Waals surface area contributed by atoms with Gasteiger partial charge in [0.05, 0.1) is 5.69 Å². The molecule has 2 aromatic rings. The van der Waals surface area contributed by atoms with E-state index in [1.807, 2.05) is 30.5 Å². The molecule has 0 unspecified atom stereocenters. The fourth-order valence-corrected chi connectivity index (χ4v) is 1.21. The van der Waals surface area contributed by atoms with Gasteiger partial charge in [-0.3, -0.25) is 5.84 Å². The molecule has 0 aliphatic heterocycles. The highest BCUT2D eigenvalue weighted by molar-refractivity contribution is 5.91. The lowest BCUT2D eigenvalue weighted by Crippen LogP contribution is -2.06. The fraction of sp³-hybridized carbons (Fsp3) is 0. The van der Waals surface area contributed by atoms with Gasteiger partial charge < -0.3 is 10.4 Å². The minimum Gasteiger partial charge on any atom is -0.361 e. The van der Waals surface area contributed by atoms with Crippen molar-refractivity contribution < 1.29 is 0 Å². The predicted octanol–water partition coefficient (Wildman–Crippen LogP) is 1.45. The third-order valence-electron chi connectivity index (χ3n) is 1.75. The fourth-order valence-electron chi connectivity index (χ4n) is 1.21. The monoisotopic (exact) mass is 147 g/mol. The molecule has 3 heteroatoms. The van der Waals surface area contributed by atoms with Gasteiger partial charge in [0.25, 0.3) is 0 Å². The third kappa shape index (κ3) is 0.860. The molecule has 0 amide bonds. The number of anilines is 1. The topological polar surface area (TPSA) is 53.8 Å². The van der Waals surface area contributed by atoms with Crippen LogP contribution in [0.15, 0.2) is 30.5 Å². The molecule has 0 atom stereocenters. The lowest BCUT2D eigenvalue weighted by molar-refractivity contribution is 1.37. The highest BCUT2D eigenvalue weighted by atomic mass is 15.2. The molecule has 0 aliphatic carbocycles. The first-order valence-corrected chi connectivity index (χ1v) is 3.44. The van der Waals surface area contributed by atoms with Gasteiger partial charge in [0.2, 0.25) is 0 Å². The minimum atomic E-state index is 0.948. The van der Waals surface area contributed by atoms with E-state index in [2.05, 4.69) is 10.4 Å². The van der Waals surface area contributed by atoms with Gasteiger partial charge in [0.15, 0.2) is 0 Å². The van der Waals surface area contributed by atoms with E-state index in [4.69, 9.17) is 5.84 Å². The van der Waals surface area contributed by atoms with Crippen molar-refractivity contribution in [1.29, 1.82) is 0 Å². The number of H-pyrrole nitrogens is 1. The summed E-state index contributed by atoms with van der Waals surface area (Å²) in [5.74, 6) is 5.31. The van der Waals surface area contributed by atoms with Crippen LogP contribution < -0.4 is 11.3 Å². The van der Waals surface area contributed by atoms with Crippen LogP contribution in [-0.4, -0.2) is 4.98 Å². The number of hydrazine groups is 1. The van der Waals surface area contributed by atoms with E-state index in [1.54, 1.807) is 0 Å². The molecule has 1 aromatic carbocycles. The molecule has 2 rings (SSSR count). The quantitative estimate of drug-likeness (QED) is 0.422. The molecule has 11 heavy (non-hydrogen) atoms. The Bertz CT molecular complexity index is 364. The summed E-state index contributed by atoms with van der Waals surface area (Å²) in [6, 6.07) is 7.89. The summed E-state index contributed by atoms with van der Waals surface area (Å²) in [5, 5.41) is 1.12. The van der Waals surface area contributed by atoms with Gasteiger partial charge >= 0.3 is 0 Å². The maximum Gasteiger partial charge on any atom is 0.0578 e. The van der Waals surface area contributed by atoms with Crippen molar-refractivity contribution in [3.05, 3.63) is 30.5 Å². The van der Waals surface area contributed by atoms with Crippen molar-refractivity contribution in [2.24, 2.45) is 5.84 Å². The molecule has 3 nitrogen and oxygen atoms in total. The Morgan fingerprint density at radius 2 is 2.18 bits per heavy atom. The molecule has 1 heterocycles. The van der Waals surface area contributed by atoms with Crippen LogP contribution in [0.3, 0.4) is 0 Å². The molecule has 0 aliphatic rings. The molecule has 0 radical (unpaired) electrons. The molecular formula is C8H9N3. The molecule has 0 bridgehead atoms. The van der Waals surface area contributed by atoms with Gasteiger partial charge in [-0.2, -0.15) is 0 Å². The van der Waals surface area contributed by atoms with Crippen molar-refractivity contribution in [1.82, 2.24) is 4.98 Å². The van der Waals surface area contributed by atoms with Crippen molar-refractivity contribution in [3.63, 3.8) is 0 Å². The van der Waals surface area contributed by atoms with Gasteiger partial charge in [-0.15, -0.1) is 0 Å². The number of nitrogens with two attached hydrogens (primary N) is 1. The second-order valence-corrected chi connectivity index (χ2v) is 2.39. The zero-order valence-corrected chi connectivity index (χ0v) is 5.96.